The lowest BCUT2D eigenvalue weighted by molar-refractivity contribution is -0.114. The molecule has 0 atom stereocenters. The van der Waals surface area contributed by atoms with Crippen molar-refractivity contribution in [1.29, 1.82) is 0 Å². The highest BCUT2D eigenvalue weighted by atomic mass is 79.9. The number of amides is 1. The van der Waals surface area contributed by atoms with Crippen molar-refractivity contribution >= 4 is 43.2 Å². The first-order valence-electron chi connectivity index (χ1n) is 6.56. The number of carbonyl (C=O) groups excluding carboxylic acids is 1. The summed E-state index contributed by atoms with van der Waals surface area (Å²) < 4.78 is 33.2. The number of carbonyl (C=O) groups is 1. The maximum Gasteiger partial charge on any atom is 0.265 e. The molecule has 0 spiro atoms. The van der Waals surface area contributed by atoms with Gasteiger partial charge in [-0.1, -0.05) is 15.9 Å². The van der Waals surface area contributed by atoms with Crippen LogP contribution in [0.3, 0.4) is 0 Å². The molecular weight excluding hydrogens is 384 g/mol. The molecule has 0 aliphatic heterocycles. The highest BCUT2D eigenvalue weighted by Crippen LogP contribution is 2.29. The molecule has 0 aliphatic carbocycles. The number of benzene rings is 2. The van der Waals surface area contributed by atoms with E-state index in [-0.39, 0.29) is 16.6 Å². The predicted molar refractivity (Wildman–Crippen MR) is 92.2 cm³/mol. The lowest BCUT2D eigenvalue weighted by atomic mass is 10.3. The summed E-state index contributed by atoms with van der Waals surface area (Å²) in [5.41, 5.74) is 0.960. The maximum atomic E-state index is 12.5. The average molecular weight is 399 g/mol. The Morgan fingerprint density at radius 3 is 2.26 bits per heavy atom. The molecule has 0 fully saturated rings. The van der Waals surface area contributed by atoms with Crippen LogP contribution in [0.1, 0.15) is 6.92 Å². The molecule has 2 aromatic carbocycles. The number of anilines is 2. The van der Waals surface area contributed by atoms with Crippen LogP contribution in [-0.2, 0) is 14.8 Å². The smallest absolute Gasteiger partial charge is 0.265 e. The molecule has 122 valence electrons. The van der Waals surface area contributed by atoms with Crippen molar-refractivity contribution in [2.75, 3.05) is 17.1 Å². The highest BCUT2D eigenvalue weighted by Gasteiger charge is 2.20. The fourth-order valence-corrected chi connectivity index (χ4v) is 3.66. The number of methoxy groups -OCH3 is 1. The molecule has 2 aromatic rings. The van der Waals surface area contributed by atoms with Gasteiger partial charge >= 0.3 is 0 Å². The van der Waals surface area contributed by atoms with E-state index in [1.807, 2.05) is 0 Å². The van der Waals surface area contributed by atoms with Gasteiger partial charge in [-0.25, -0.2) is 8.42 Å². The number of halogens is 1. The normalized spacial score (nSPS) is 10.9. The van der Waals surface area contributed by atoms with Gasteiger partial charge in [0.2, 0.25) is 5.91 Å². The van der Waals surface area contributed by atoms with Gasteiger partial charge in [0.25, 0.3) is 10.0 Å². The minimum Gasteiger partial charge on any atom is -0.495 e. The minimum absolute atomic E-state index is 0.0281. The van der Waals surface area contributed by atoms with E-state index in [0.717, 1.165) is 0 Å². The van der Waals surface area contributed by atoms with Crippen LogP contribution in [0.15, 0.2) is 51.8 Å². The number of hydrogen-bond donors (Lipinski definition) is 2. The number of rotatable bonds is 5. The first-order valence-corrected chi connectivity index (χ1v) is 8.83. The third-order valence-electron chi connectivity index (χ3n) is 2.87. The van der Waals surface area contributed by atoms with Gasteiger partial charge in [-0.3, -0.25) is 9.52 Å². The third-order valence-corrected chi connectivity index (χ3v) is 4.77. The average Bonchev–Trinajstić information content (AvgIpc) is 2.48. The molecular formula is C15H15BrN2O4S. The summed E-state index contributed by atoms with van der Waals surface area (Å²) in [4.78, 5) is 11.0. The van der Waals surface area contributed by atoms with E-state index in [1.54, 1.807) is 36.4 Å². The first-order chi connectivity index (χ1) is 10.8. The van der Waals surface area contributed by atoms with Crippen molar-refractivity contribution < 1.29 is 17.9 Å². The fraction of sp³-hybridized carbons (Fsp3) is 0.133. The topological polar surface area (TPSA) is 84.5 Å². The summed E-state index contributed by atoms with van der Waals surface area (Å²) in [6, 6.07) is 11.1. The lowest BCUT2D eigenvalue weighted by Gasteiger charge is -2.12. The van der Waals surface area contributed by atoms with Crippen LogP contribution in [-0.4, -0.2) is 21.4 Å². The van der Waals surface area contributed by atoms with Crippen LogP contribution in [0.2, 0.25) is 0 Å². The second-order valence-corrected chi connectivity index (χ2v) is 7.23. The van der Waals surface area contributed by atoms with Gasteiger partial charge in [-0.05, 0) is 42.5 Å². The standard InChI is InChI=1S/C15H15BrN2O4S/c1-10(19)17-12-4-6-13(7-5-12)18-23(20,21)15-9-11(16)3-8-14(15)22-2/h3-9,18H,1-2H3,(H,17,19). The number of sulfonamides is 1. The fourth-order valence-electron chi connectivity index (χ4n) is 1.90. The van der Waals surface area contributed by atoms with Crippen LogP contribution in [0.5, 0.6) is 5.75 Å². The van der Waals surface area contributed by atoms with Crippen LogP contribution in [0.4, 0.5) is 11.4 Å². The summed E-state index contributed by atoms with van der Waals surface area (Å²) >= 11 is 3.25. The molecule has 23 heavy (non-hydrogen) atoms. The van der Waals surface area contributed by atoms with Crippen LogP contribution in [0.25, 0.3) is 0 Å². The number of hydrogen-bond acceptors (Lipinski definition) is 4. The molecule has 6 nitrogen and oxygen atoms in total. The second kappa shape index (κ2) is 7.01. The molecule has 2 rings (SSSR count). The van der Waals surface area contributed by atoms with Crippen molar-refractivity contribution in [3.05, 3.63) is 46.9 Å². The first kappa shape index (κ1) is 17.3. The Kier molecular flexibility index (Phi) is 5.27. The Hall–Kier alpha value is -2.06. The molecule has 8 heteroatoms. The van der Waals surface area contributed by atoms with Crippen LogP contribution >= 0.6 is 15.9 Å². The van der Waals surface area contributed by atoms with Gasteiger partial charge in [0.15, 0.2) is 0 Å². The Morgan fingerprint density at radius 2 is 1.70 bits per heavy atom. The quantitative estimate of drug-likeness (QED) is 0.809. The second-order valence-electron chi connectivity index (χ2n) is 4.66. The molecule has 0 bridgehead atoms. The maximum absolute atomic E-state index is 12.5. The molecule has 1 amide bonds. The van der Waals surface area contributed by atoms with Crippen molar-refractivity contribution in [3.63, 3.8) is 0 Å². The molecule has 0 unspecified atom stereocenters. The number of nitrogens with one attached hydrogen (secondary N) is 2. The van der Waals surface area contributed by atoms with E-state index in [0.29, 0.717) is 15.8 Å². The Bertz CT molecular complexity index is 820. The zero-order valence-electron chi connectivity index (χ0n) is 12.5. The van der Waals surface area contributed by atoms with E-state index in [9.17, 15) is 13.2 Å². The zero-order chi connectivity index (χ0) is 17.0. The molecule has 0 aliphatic rings. The number of ether oxygens (including phenoxy) is 1. The summed E-state index contributed by atoms with van der Waals surface area (Å²) in [6.45, 7) is 1.40. The predicted octanol–water partition coefficient (Wildman–Crippen LogP) is 3.22. The molecule has 0 aromatic heterocycles. The van der Waals surface area contributed by atoms with Gasteiger partial charge in [0.1, 0.15) is 10.6 Å². The largest absolute Gasteiger partial charge is 0.495 e. The van der Waals surface area contributed by atoms with Gasteiger partial charge in [0, 0.05) is 22.8 Å². The van der Waals surface area contributed by atoms with Gasteiger partial charge in [0.05, 0.1) is 7.11 Å². The van der Waals surface area contributed by atoms with Gasteiger partial charge in [-0.2, -0.15) is 0 Å². The third kappa shape index (κ3) is 4.46. The molecule has 2 N–H and O–H groups in total. The van der Waals surface area contributed by atoms with E-state index in [2.05, 4.69) is 26.0 Å². The van der Waals surface area contributed by atoms with Crippen LogP contribution < -0.4 is 14.8 Å². The highest BCUT2D eigenvalue weighted by molar-refractivity contribution is 9.10. The SMILES string of the molecule is COc1ccc(Br)cc1S(=O)(=O)Nc1ccc(NC(C)=O)cc1. The van der Waals surface area contributed by atoms with Gasteiger partial charge in [-0.15, -0.1) is 0 Å². The summed E-state index contributed by atoms with van der Waals surface area (Å²) in [7, 11) is -2.40. The molecule has 0 saturated heterocycles. The van der Waals surface area contributed by atoms with Crippen molar-refractivity contribution in [3.8, 4) is 5.75 Å². The van der Waals surface area contributed by atoms with Crippen molar-refractivity contribution in [1.82, 2.24) is 0 Å². The van der Waals surface area contributed by atoms with E-state index >= 15 is 0 Å². The summed E-state index contributed by atoms with van der Waals surface area (Å²) in [5, 5.41) is 2.61. The Morgan fingerprint density at radius 1 is 1.09 bits per heavy atom. The lowest BCUT2D eigenvalue weighted by Crippen LogP contribution is -2.14. The van der Waals surface area contributed by atoms with E-state index in [1.165, 1.54) is 20.1 Å². The Balaban J connectivity index is 2.28. The van der Waals surface area contributed by atoms with Crippen molar-refractivity contribution in [2.45, 2.75) is 11.8 Å². The zero-order valence-corrected chi connectivity index (χ0v) is 14.9. The van der Waals surface area contributed by atoms with Crippen molar-refractivity contribution in [2.24, 2.45) is 0 Å². The van der Waals surface area contributed by atoms with E-state index < -0.39 is 10.0 Å². The molecule has 0 saturated carbocycles. The summed E-state index contributed by atoms with van der Waals surface area (Å²) in [6.07, 6.45) is 0. The minimum atomic E-state index is -3.81. The monoisotopic (exact) mass is 398 g/mol. The molecule has 0 radical (unpaired) electrons. The molecule has 0 heterocycles. The van der Waals surface area contributed by atoms with Gasteiger partial charge < -0.3 is 10.1 Å². The van der Waals surface area contributed by atoms with Crippen LogP contribution in [0, 0.1) is 0 Å². The van der Waals surface area contributed by atoms with E-state index in [4.69, 9.17) is 4.74 Å². The summed E-state index contributed by atoms with van der Waals surface area (Å²) in [5.74, 6) is 0.0489. The Labute approximate surface area is 143 Å².